The number of amides is 1. The fourth-order valence-corrected chi connectivity index (χ4v) is 3.73. The first-order valence-electron chi connectivity index (χ1n) is 9.02. The number of carbonyl (C=O) groups excluding carboxylic acids is 1. The molecule has 130 valence electrons. The van der Waals surface area contributed by atoms with Crippen molar-refractivity contribution in [1.29, 1.82) is 0 Å². The number of hydrogen-bond acceptors (Lipinski definition) is 3. The molecule has 1 saturated heterocycles. The van der Waals surface area contributed by atoms with Crippen LogP contribution < -0.4 is 5.32 Å². The van der Waals surface area contributed by atoms with Gasteiger partial charge < -0.3 is 10.1 Å². The second kappa shape index (κ2) is 6.60. The Morgan fingerprint density at radius 1 is 1.16 bits per heavy atom. The smallest absolute Gasteiger partial charge is 0.230 e. The first-order chi connectivity index (χ1) is 12.2. The Labute approximate surface area is 148 Å². The summed E-state index contributed by atoms with van der Waals surface area (Å²) in [6.07, 6.45) is 6.41. The van der Waals surface area contributed by atoms with Gasteiger partial charge in [0, 0.05) is 18.3 Å². The molecule has 0 bridgehead atoms. The van der Waals surface area contributed by atoms with E-state index in [-0.39, 0.29) is 17.4 Å². The van der Waals surface area contributed by atoms with Gasteiger partial charge in [-0.2, -0.15) is 0 Å². The molecule has 1 aromatic carbocycles. The summed E-state index contributed by atoms with van der Waals surface area (Å²) in [6, 6.07) is 12.5. The third kappa shape index (κ3) is 3.31. The molecule has 25 heavy (non-hydrogen) atoms. The highest BCUT2D eigenvalue weighted by molar-refractivity contribution is 5.91. The summed E-state index contributed by atoms with van der Waals surface area (Å²) in [7, 11) is 0. The molecule has 2 atom stereocenters. The molecule has 2 heterocycles. The number of carbonyl (C=O) groups is 1. The second-order valence-corrected chi connectivity index (χ2v) is 7.39. The maximum absolute atomic E-state index is 13.0. The zero-order valence-corrected chi connectivity index (χ0v) is 14.6. The van der Waals surface area contributed by atoms with Crippen molar-refractivity contribution in [2.75, 3.05) is 13.2 Å². The van der Waals surface area contributed by atoms with Crippen LogP contribution in [0.5, 0.6) is 0 Å². The van der Waals surface area contributed by atoms with Crippen molar-refractivity contribution < 1.29 is 9.53 Å². The highest BCUT2D eigenvalue weighted by atomic mass is 16.5. The number of nitrogens with zero attached hydrogens (tertiary/aromatic N) is 1. The van der Waals surface area contributed by atoms with E-state index in [2.05, 4.69) is 41.5 Å². The van der Waals surface area contributed by atoms with Crippen molar-refractivity contribution in [2.24, 2.45) is 5.92 Å². The van der Waals surface area contributed by atoms with Crippen LogP contribution in [0, 0.1) is 12.8 Å². The number of nitrogens with one attached hydrogen (secondary N) is 1. The molecule has 1 saturated carbocycles. The van der Waals surface area contributed by atoms with E-state index in [0.717, 1.165) is 24.8 Å². The lowest BCUT2D eigenvalue weighted by atomic mass is 9.91. The molecule has 0 radical (unpaired) electrons. The zero-order chi connectivity index (χ0) is 17.3. The van der Waals surface area contributed by atoms with Crippen molar-refractivity contribution >= 4 is 5.91 Å². The van der Waals surface area contributed by atoms with Crippen LogP contribution in [0.4, 0.5) is 0 Å². The minimum atomic E-state index is -0.322. The summed E-state index contributed by atoms with van der Waals surface area (Å²) in [6.45, 7) is 3.37. The van der Waals surface area contributed by atoms with Crippen LogP contribution in [-0.2, 0) is 21.4 Å². The maximum atomic E-state index is 13.0. The van der Waals surface area contributed by atoms with Gasteiger partial charge in [-0.25, -0.2) is 0 Å². The third-order valence-electron chi connectivity index (χ3n) is 5.55. The summed E-state index contributed by atoms with van der Waals surface area (Å²) in [5.41, 5.74) is 3.28. The van der Waals surface area contributed by atoms with Gasteiger partial charge in [0.15, 0.2) is 0 Å². The predicted molar refractivity (Wildman–Crippen MR) is 96.3 cm³/mol. The summed E-state index contributed by atoms with van der Waals surface area (Å²) >= 11 is 0. The number of pyridine rings is 1. The molecular formula is C21H24N2O2. The molecule has 1 aliphatic heterocycles. The maximum Gasteiger partial charge on any atom is 0.230 e. The number of ether oxygens (including phenoxy) is 1. The van der Waals surface area contributed by atoms with Gasteiger partial charge in [-0.05, 0) is 49.4 Å². The van der Waals surface area contributed by atoms with Crippen LogP contribution in [-0.4, -0.2) is 30.1 Å². The molecule has 1 aliphatic carbocycles. The van der Waals surface area contributed by atoms with E-state index in [9.17, 15) is 4.79 Å². The minimum Gasteiger partial charge on any atom is -0.379 e. The van der Waals surface area contributed by atoms with Crippen LogP contribution in [0.3, 0.4) is 0 Å². The molecule has 4 heteroatoms. The number of aromatic nitrogens is 1. The lowest BCUT2D eigenvalue weighted by molar-refractivity contribution is -0.124. The van der Waals surface area contributed by atoms with E-state index < -0.39 is 0 Å². The number of rotatable bonds is 5. The van der Waals surface area contributed by atoms with E-state index in [1.165, 1.54) is 11.1 Å². The molecule has 1 aromatic heterocycles. The number of hydrogen-bond donors (Lipinski definition) is 1. The predicted octanol–water partition coefficient (Wildman–Crippen LogP) is 2.80. The Bertz CT molecular complexity index is 738. The highest BCUT2D eigenvalue weighted by Crippen LogP contribution is 2.48. The fraction of sp³-hybridized carbons (Fsp3) is 0.429. The molecular weight excluding hydrogens is 312 g/mol. The number of benzene rings is 1. The van der Waals surface area contributed by atoms with E-state index in [4.69, 9.17) is 4.74 Å². The van der Waals surface area contributed by atoms with Gasteiger partial charge in [-0.15, -0.1) is 0 Å². The largest absolute Gasteiger partial charge is 0.379 e. The summed E-state index contributed by atoms with van der Waals surface area (Å²) < 4.78 is 5.67. The third-order valence-corrected chi connectivity index (χ3v) is 5.55. The number of aryl methyl sites for hydroxylation is 1. The van der Waals surface area contributed by atoms with E-state index in [0.29, 0.717) is 19.1 Å². The Morgan fingerprint density at radius 3 is 2.56 bits per heavy atom. The molecule has 4 nitrogen and oxygen atoms in total. The van der Waals surface area contributed by atoms with Crippen LogP contribution in [0.2, 0.25) is 0 Å². The van der Waals surface area contributed by atoms with Gasteiger partial charge in [0.05, 0.1) is 24.7 Å². The highest BCUT2D eigenvalue weighted by Gasteiger charge is 2.52. The quantitative estimate of drug-likeness (QED) is 0.913. The van der Waals surface area contributed by atoms with E-state index >= 15 is 0 Å². The van der Waals surface area contributed by atoms with Gasteiger partial charge in [0.2, 0.25) is 5.91 Å². The fourth-order valence-electron chi connectivity index (χ4n) is 3.73. The SMILES string of the molecule is Cc1ccc(C2(C(=O)NC3COCC3Cc3ccncc3)CC2)cc1. The van der Waals surface area contributed by atoms with Crippen LogP contribution in [0.25, 0.3) is 0 Å². The van der Waals surface area contributed by atoms with Crippen molar-refractivity contribution in [3.63, 3.8) is 0 Å². The topological polar surface area (TPSA) is 51.2 Å². The standard InChI is InChI=1S/C21H24N2O2/c1-15-2-4-18(5-3-15)21(8-9-21)20(24)23-19-14-25-13-17(19)12-16-6-10-22-11-7-16/h2-7,10-11,17,19H,8-9,12-14H2,1H3,(H,23,24). The second-order valence-electron chi connectivity index (χ2n) is 7.39. The van der Waals surface area contributed by atoms with Crippen molar-refractivity contribution in [2.45, 2.75) is 37.6 Å². The molecule has 2 aromatic rings. The molecule has 2 unspecified atom stereocenters. The van der Waals surface area contributed by atoms with E-state index in [1.54, 1.807) is 0 Å². The van der Waals surface area contributed by atoms with Crippen LogP contribution in [0.1, 0.15) is 29.5 Å². The monoisotopic (exact) mass is 336 g/mol. The minimum absolute atomic E-state index is 0.0867. The molecule has 0 spiro atoms. The Balaban J connectivity index is 1.44. The average Bonchev–Trinajstić information content (AvgIpc) is 3.34. The van der Waals surface area contributed by atoms with Gasteiger partial charge in [0.25, 0.3) is 0 Å². The Kier molecular flexibility index (Phi) is 4.30. The van der Waals surface area contributed by atoms with Crippen LogP contribution >= 0.6 is 0 Å². The summed E-state index contributed by atoms with van der Waals surface area (Å²) in [5, 5.41) is 3.29. The first kappa shape index (κ1) is 16.3. The Morgan fingerprint density at radius 2 is 1.88 bits per heavy atom. The normalized spacial score (nSPS) is 24.0. The Hall–Kier alpha value is -2.20. The average molecular weight is 336 g/mol. The van der Waals surface area contributed by atoms with Gasteiger partial charge in [-0.1, -0.05) is 29.8 Å². The lowest BCUT2D eigenvalue weighted by Crippen LogP contribution is -2.45. The van der Waals surface area contributed by atoms with Crippen LogP contribution in [0.15, 0.2) is 48.8 Å². The summed E-state index contributed by atoms with van der Waals surface area (Å²) in [5.74, 6) is 0.478. The molecule has 1 N–H and O–H groups in total. The molecule has 2 aliphatic rings. The zero-order valence-electron chi connectivity index (χ0n) is 14.6. The van der Waals surface area contributed by atoms with Crippen molar-refractivity contribution in [3.8, 4) is 0 Å². The molecule has 4 rings (SSSR count). The van der Waals surface area contributed by atoms with Gasteiger partial charge in [-0.3, -0.25) is 9.78 Å². The van der Waals surface area contributed by atoms with Crippen molar-refractivity contribution in [3.05, 3.63) is 65.5 Å². The summed E-state index contributed by atoms with van der Waals surface area (Å²) in [4.78, 5) is 17.1. The lowest BCUT2D eigenvalue weighted by Gasteiger charge is -2.23. The molecule has 2 fully saturated rings. The van der Waals surface area contributed by atoms with E-state index in [1.807, 2.05) is 24.5 Å². The van der Waals surface area contributed by atoms with Crippen molar-refractivity contribution in [1.82, 2.24) is 10.3 Å². The van der Waals surface area contributed by atoms with Gasteiger partial charge in [0.1, 0.15) is 0 Å². The molecule has 1 amide bonds. The van der Waals surface area contributed by atoms with Gasteiger partial charge >= 0.3 is 0 Å². The first-order valence-corrected chi connectivity index (χ1v) is 9.02.